The molecular weight excluding hydrogens is 446 g/mol. The topological polar surface area (TPSA) is 120 Å². The van der Waals surface area contributed by atoms with Crippen molar-refractivity contribution in [1.82, 2.24) is 20.5 Å². The summed E-state index contributed by atoms with van der Waals surface area (Å²) in [5, 5.41) is 7.94. The van der Waals surface area contributed by atoms with Gasteiger partial charge in [0.05, 0.1) is 0 Å². The Bertz CT molecular complexity index is 1310. The van der Waals surface area contributed by atoms with E-state index in [0.29, 0.717) is 24.2 Å². The Balaban J connectivity index is 1.17. The van der Waals surface area contributed by atoms with Gasteiger partial charge in [0.1, 0.15) is 6.04 Å². The molecule has 2 aromatic carbocycles. The van der Waals surface area contributed by atoms with E-state index >= 15 is 0 Å². The van der Waals surface area contributed by atoms with Crippen molar-refractivity contribution in [3.05, 3.63) is 83.7 Å². The molecule has 0 saturated carbocycles. The fourth-order valence-electron chi connectivity index (χ4n) is 4.39. The third-order valence-electron chi connectivity index (χ3n) is 6.20. The second-order valence-corrected chi connectivity index (χ2v) is 8.51. The number of piperidine rings is 1. The quantitative estimate of drug-likeness (QED) is 0.497. The zero-order chi connectivity index (χ0) is 24.4. The lowest BCUT2D eigenvalue weighted by atomic mass is 10.0. The van der Waals surface area contributed by atoms with Gasteiger partial charge in [-0.1, -0.05) is 24.3 Å². The molecule has 1 fully saturated rings. The average Bonchev–Trinajstić information content (AvgIpc) is 3.19. The molecule has 2 aliphatic rings. The van der Waals surface area contributed by atoms with E-state index in [1.807, 2.05) is 42.5 Å². The molecule has 0 spiro atoms. The van der Waals surface area contributed by atoms with Crippen LogP contribution in [0.4, 0.5) is 10.5 Å². The highest BCUT2D eigenvalue weighted by Gasteiger charge is 2.39. The molecule has 1 unspecified atom stereocenters. The molecule has 3 N–H and O–H groups in total. The lowest BCUT2D eigenvalue weighted by Crippen LogP contribution is -2.52. The van der Waals surface area contributed by atoms with E-state index in [2.05, 4.69) is 20.9 Å². The van der Waals surface area contributed by atoms with Crippen molar-refractivity contribution < 1.29 is 19.2 Å². The van der Waals surface area contributed by atoms with Crippen LogP contribution in [-0.4, -0.2) is 39.7 Å². The molecule has 1 aromatic heterocycles. The van der Waals surface area contributed by atoms with Gasteiger partial charge in [-0.05, 0) is 59.0 Å². The van der Waals surface area contributed by atoms with Gasteiger partial charge in [-0.3, -0.25) is 24.7 Å². The Morgan fingerprint density at radius 1 is 1.00 bits per heavy atom. The van der Waals surface area contributed by atoms with E-state index in [4.69, 9.17) is 0 Å². The van der Waals surface area contributed by atoms with Crippen LogP contribution in [0.1, 0.15) is 34.3 Å². The normalized spacial score (nSPS) is 17.1. The highest BCUT2D eigenvalue weighted by molar-refractivity contribution is 6.05. The second-order valence-electron chi connectivity index (χ2n) is 8.51. The first-order chi connectivity index (χ1) is 17.0. The van der Waals surface area contributed by atoms with Crippen molar-refractivity contribution in [2.75, 3.05) is 5.32 Å². The summed E-state index contributed by atoms with van der Waals surface area (Å²) in [6, 6.07) is 15.7. The van der Waals surface area contributed by atoms with Crippen LogP contribution in [0.15, 0.2) is 67.0 Å². The molecule has 5 rings (SSSR count). The van der Waals surface area contributed by atoms with Crippen LogP contribution in [0, 0.1) is 0 Å². The van der Waals surface area contributed by atoms with Crippen molar-refractivity contribution in [3.8, 4) is 11.1 Å². The van der Waals surface area contributed by atoms with Crippen LogP contribution in [0.3, 0.4) is 0 Å². The molecule has 3 aromatic rings. The van der Waals surface area contributed by atoms with Crippen LogP contribution in [-0.2, 0) is 22.7 Å². The van der Waals surface area contributed by atoms with Crippen LogP contribution >= 0.6 is 0 Å². The number of fused-ring (bicyclic) bond motifs is 1. The Hall–Kier alpha value is -4.53. The first kappa shape index (κ1) is 22.3. The third-order valence-corrected chi connectivity index (χ3v) is 6.20. The minimum absolute atomic E-state index is 0.216. The summed E-state index contributed by atoms with van der Waals surface area (Å²) >= 11 is 0. The molecule has 9 heteroatoms. The van der Waals surface area contributed by atoms with Gasteiger partial charge in [-0.15, -0.1) is 0 Å². The smallest absolute Gasteiger partial charge is 0.319 e. The van der Waals surface area contributed by atoms with E-state index < -0.39 is 11.9 Å². The number of urea groups is 1. The lowest BCUT2D eigenvalue weighted by molar-refractivity contribution is -0.136. The number of carbonyl (C=O) groups is 4. The van der Waals surface area contributed by atoms with E-state index in [1.54, 1.807) is 24.5 Å². The average molecular weight is 470 g/mol. The number of hydrogen-bond donors (Lipinski definition) is 3. The predicted molar refractivity (Wildman–Crippen MR) is 128 cm³/mol. The summed E-state index contributed by atoms with van der Waals surface area (Å²) in [6.07, 6.45) is 4.00. The molecular formula is C26H23N5O4. The maximum Gasteiger partial charge on any atom is 0.319 e. The first-order valence-corrected chi connectivity index (χ1v) is 11.3. The summed E-state index contributed by atoms with van der Waals surface area (Å²) in [5.41, 5.74) is 4.91. The molecule has 3 heterocycles. The lowest BCUT2D eigenvalue weighted by Gasteiger charge is -2.29. The van der Waals surface area contributed by atoms with Gasteiger partial charge in [-0.25, -0.2) is 4.79 Å². The van der Waals surface area contributed by atoms with Crippen molar-refractivity contribution >= 4 is 29.4 Å². The van der Waals surface area contributed by atoms with Gasteiger partial charge in [0, 0.05) is 43.2 Å². The highest BCUT2D eigenvalue weighted by Crippen LogP contribution is 2.28. The zero-order valence-electron chi connectivity index (χ0n) is 18.8. The van der Waals surface area contributed by atoms with E-state index in [9.17, 15) is 19.2 Å². The molecule has 1 saturated heterocycles. The Morgan fingerprint density at radius 2 is 1.74 bits per heavy atom. The Kier molecular flexibility index (Phi) is 5.97. The van der Waals surface area contributed by atoms with E-state index in [0.717, 1.165) is 22.3 Å². The number of aromatic nitrogens is 1. The largest absolute Gasteiger partial charge is 0.334 e. The number of rotatable bonds is 5. The summed E-state index contributed by atoms with van der Waals surface area (Å²) in [5.74, 6) is -0.969. The monoisotopic (exact) mass is 469 g/mol. The molecule has 2 aliphatic heterocycles. The molecule has 0 aliphatic carbocycles. The minimum Gasteiger partial charge on any atom is -0.334 e. The second kappa shape index (κ2) is 9.38. The number of benzene rings is 2. The number of amides is 5. The fourth-order valence-corrected chi connectivity index (χ4v) is 4.39. The maximum absolute atomic E-state index is 12.8. The van der Waals surface area contributed by atoms with Crippen LogP contribution in [0.25, 0.3) is 11.1 Å². The molecule has 0 bridgehead atoms. The zero-order valence-corrected chi connectivity index (χ0v) is 18.8. The molecule has 35 heavy (non-hydrogen) atoms. The number of pyridine rings is 1. The van der Waals surface area contributed by atoms with E-state index in [-0.39, 0.29) is 30.8 Å². The van der Waals surface area contributed by atoms with Crippen molar-refractivity contribution in [1.29, 1.82) is 0 Å². The van der Waals surface area contributed by atoms with Gasteiger partial charge in [0.25, 0.3) is 5.91 Å². The van der Waals surface area contributed by atoms with Gasteiger partial charge in [0.2, 0.25) is 11.8 Å². The molecule has 9 nitrogen and oxygen atoms in total. The fraction of sp³-hybridized carbons (Fsp3) is 0.192. The number of imide groups is 1. The van der Waals surface area contributed by atoms with Crippen molar-refractivity contribution in [2.45, 2.75) is 32.0 Å². The standard InChI is InChI=1S/C26H23N5O4/c32-23-8-7-22(24(33)30-23)31-15-19-13-16(1-6-21(19)25(31)34)14-28-26(35)29-20-4-2-17(3-5-20)18-9-11-27-12-10-18/h1-6,9-13,22H,7-8,14-15H2,(H2,28,29,35)(H,30,32,33). The summed E-state index contributed by atoms with van der Waals surface area (Å²) in [4.78, 5) is 54.3. The third kappa shape index (κ3) is 4.74. The number of carbonyl (C=O) groups excluding carboxylic acids is 4. The van der Waals surface area contributed by atoms with E-state index in [1.165, 1.54) is 4.90 Å². The summed E-state index contributed by atoms with van der Waals surface area (Å²) < 4.78 is 0. The van der Waals surface area contributed by atoms with Gasteiger partial charge in [-0.2, -0.15) is 0 Å². The minimum atomic E-state index is -0.648. The van der Waals surface area contributed by atoms with Crippen molar-refractivity contribution in [2.24, 2.45) is 0 Å². The highest BCUT2D eigenvalue weighted by atomic mass is 16.2. The summed E-state index contributed by atoms with van der Waals surface area (Å²) in [7, 11) is 0. The van der Waals surface area contributed by atoms with Gasteiger partial charge < -0.3 is 15.5 Å². The van der Waals surface area contributed by atoms with Gasteiger partial charge >= 0.3 is 6.03 Å². The van der Waals surface area contributed by atoms with Crippen molar-refractivity contribution in [3.63, 3.8) is 0 Å². The summed E-state index contributed by atoms with van der Waals surface area (Å²) in [6.45, 7) is 0.575. The number of hydrogen-bond acceptors (Lipinski definition) is 5. The maximum atomic E-state index is 12.8. The number of nitrogens with zero attached hydrogens (tertiary/aromatic N) is 2. The molecule has 5 amide bonds. The molecule has 176 valence electrons. The van der Waals surface area contributed by atoms with Crippen LogP contribution < -0.4 is 16.0 Å². The van der Waals surface area contributed by atoms with Gasteiger partial charge in [0.15, 0.2) is 0 Å². The van der Waals surface area contributed by atoms with Crippen LogP contribution in [0.5, 0.6) is 0 Å². The first-order valence-electron chi connectivity index (χ1n) is 11.3. The Labute approximate surface area is 201 Å². The number of nitrogens with one attached hydrogen (secondary N) is 3. The van der Waals surface area contributed by atoms with Crippen LogP contribution in [0.2, 0.25) is 0 Å². The number of anilines is 1. The molecule has 0 radical (unpaired) electrons. The molecule has 1 atom stereocenters. The Morgan fingerprint density at radius 3 is 2.49 bits per heavy atom. The SMILES string of the molecule is O=C1CCC(N2Cc3cc(CNC(=O)Nc4ccc(-c5ccncc5)cc4)ccc3C2=O)C(=O)N1. The predicted octanol–water partition coefficient (Wildman–Crippen LogP) is 2.83.